The average Bonchev–Trinajstić information content (AvgIpc) is 3.32. The summed E-state index contributed by atoms with van der Waals surface area (Å²) < 4.78 is 1.77. The minimum absolute atomic E-state index is 0.227. The lowest BCUT2D eigenvalue weighted by molar-refractivity contribution is -0.119. The van der Waals surface area contributed by atoms with Gasteiger partial charge in [0.2, 0.25) is 0 Å². The highest BCUT2D eigenvalue weighted by Gasteiger charge is 2.30. The summed E-state index contributed by atoms with van der Waals surface area (Å²) in [5, 5.41) is 6.70. The van der Waals surface area contributed by atoms with Crippen molar-refractivity contribution in [2.24, 2.45) is 13.0 Å². The molecule has 4 rings (SSSR count). The number of benzene rings is 1. The van der Waals surface area contributed by atoms with Crippen LogP contribution in [0.5, 0.6) is 0 Å². The number of ketones is 1. The van der Waals surface area contributed by atoms with Gasteiger partial charge in [0.05, 0.1) is 23.3 Å². The third-order valence-electron chi connectivity index (χ3n) is 4.32. The highest BCUT2D eigenvalue weighted by Crippen LogP contribution is 2.34. The van der Waals surface area contributed by atoms with Gasteiger partial charge in [0, 0.05) is 41.7 Å². The van der Waals surface area contributed by atoms with Crippen molar-refractivity contribution in [2.45, 2.75) is 19.3 Å². The molecule has 23 heavy (non-hydrogen) atoms. The molecule has 1 saturated carbocycles. The summed E-state index contributed by atoms with van der Waals surface area (Å²) in [6.07, 6.45) is 7.94. The standard InChI is InChI=1S/C18H16ClN3O/c1-22-10-14(9-21-22)12-4-5-13-8-20-16(18(19)15(13)6-12)7-17(23)11-2-3-11/h4-6,8-11H,2-3,7H2,1H3. The van der Waals surface area contributed by atoms with Crippen LogP contribution in [0.4, 0.5) is 0 Å². The first-order valence-electron chi connectivity index (χ1n) is 7.70. The van der Waals surface area contributed by atoms with E-state index >= 15 is 0 Å². The Bertz CT molecular complexity index is 912. The number of rotatable bonds is 4. The van der Waals surface area contributed by atoms with E-state index in [-0.39, 0.29) is 11.7 Å². The van der Waals surface area contributed by atoms with Gasteiger partial charge in [-0.05, 0) is 24.5 Å². The van der Waals surface area contributed by atoms with Crippen molar-refractivity contribution >= 4 is 28.2 Å². The fourth-order valence-corrected chi connectivity index (χ4v) is 3.09. The maximum atomic E-state index is 12.0. The van der Waals surface area contributed by atoms with Crippen LogP contribution in [0.25, 0.3) is 21.9 Å². The monoisotopic (exact) mass is 325 g/mol. The summed E-state index contributed by atoms with van der Waals surface area (Å²) in [4.78, 5) is 16.4. The van der Waals surface area contributed by atoms with E-state index in [9.17, 15) is 4.79 Å². The van der Waals surface area contributed by atoms with Gasteiger partial charge in [-0.25, -0.2) is 0 Å². The Kier molecular flexibility index (Phi) is 3.42. The van der Waals surface area contributed by atoms with E-state index in [2.05, 4.69) is 10.1 Å². The van der Waals surface area contributed by atoms with Gasteiger partial charge in [0.15, 0.2) is 0 Å². The predicted octanol–water partition coefficient (Wildman–Crippen LogP) is 3.81. The minimum atomic E-state index is 0.227. The Morgan fingerprint density at radius 1 is 1.30 bits per heavy atom. The number of fused-ring (bicyclic) bond motifs is 1. The number of hydrogen-bond donors (Lipinski definition) is 0. The van der Waals surface area contributed by atoms with Crippen molar-refractivity contribution < 1.29 is 4.79 Å². The molecule has 0 atom stereocenters. The molecule has 0 aliphatic heterocycles. The van der Waals surface area contributed by atoms with E-state index < -0.39 is 0 Å². The van der Waals surface area contributed by atoms with Crippen LogP contribution in [0, 0.1) is 5.92 Å². The second-order valence-electron chi connectivity index (χ2n) is 6.14. The topological polar surface area (TPSA) is 47.8 Å². The normalized spacial score (nSPS) is 14.3. The van der Waals surface area contributed by atoms with E-state index in [0.717, 1.165) is 34.7 Å². The molecule has 0 saturated heterocycles. The molecule has 0 amide bonds. The fraction of sp³-hybridized carbons (Fsp3) is 0.278. The molecule has 0 unspecified atom stereocenters. The smallest absolute Gasteiger partial charge is 0.141 e. The molecule has 1 aromatic carbocycles. The highest BCUT2D eigenvalue weighted by atomic mass is 35.5. The molecule has 5 heteroatoms. The van der Waals surface area contributed by atoms with Gasteiger partial charge in [0.25, 0.3) is 0 Å². The van der Waals surface area contributed by atoms with Crippen molar-refractivity contribution in [3.05, 3.63) is 47.5 Å². The molecular weight excluding hydrogens is 310 g/mol. The Hall–Kier alpha value is -2.20. The Balaban J connectivity index is 1.76. The molecule has 4 nitrogen and oxygen atoms in total. The maximum absolute atomic E-state index is 12.0. The van der Waals surface area contributed by atoms with Crippen molar-refractivity contribution in [3.8, 4) is 11.1 Å². The lowest BCUT2D eigenvalue weighted by atomic mass is 10.0. The number of hydrogen-bond acceptors (Lipinski definition) is 3. The number of aryl methyl sites for hydroxylation is 1. The van der Waals surface area contributed by atoms with E-state index in [1.165, 1.54) is 0 Å². The van der Waals surface area contributed by atoms with Gasteiger partial charge in [-0.2, -0.15) is 5.10 Å². The van der Waals surface area contributed by atoms with E-state index in [0.29, 0.717) is 17.1 Å². The summed E-state index contributed by atoms with van der Waals surface area (Å²) in [7, 11) is 1.89. The zero-order chi connectivity index (χ0) is 16.0. The predicted molar refractivity (Wildman–Crippen MR) is 90.4 cm³/mol. The van der Waals surface area contributed by atoms with Crippen LogP contribution in [0.1, 0.15) is 18.5 Å². The molecule has 0 N–H and O–H groups in total. The first-order chi connectivity index (χ1) is 11.1. The van der Waals surface area contributed by atoms with Gasteiger partial charge in [-0.15, -0.1) is 0 Å². The van der Waals surface area contributed by atoms with Crippen molar-refractivity contribution in [1.82, 2.24) is 14.8 Å². The molecular formula is C18H16ClN3O. The van der Waals surface area contributed by atoms with Crippen molar-refractivity contribution in [1.29, 1.82) is 0 Å². The summed E-state index contributed by atoms with van der Waals surface area (Å²) in [5.41, 5.74) is 2.77. The summed E-state index contributed by atoms with van der Waals surface area (Å²) >= 11 is 6.54. The number of aromatic nitrogens is 3. The lowest BCUT2D eigenvalue weighted by Gasteiger charge is -2.08. The first kappa shape index (κ1) is 14.4. The van der Waals surface area contributed by atoms with Gasteiger partial charge in [-0.3, -0.25) is 14.5 Å². The number of nitrogens with zero attached hydrogens (tertiary/aromatic N) is 3. The summed E-state index contributed by atoms with van der Waals surface area (Å²) in [6.45, 7) is 0. The lowest BCUT2D eigenvalue weighted by Crippen LogP contribution is -2.07. The Morgan fingerprint density at radius 3 is 2.83 bits per heavy atom. The molecule has 1 aliphatic carbocycles. The number of carbonyl (C=O) groups is 1. The van der Waals surface area contributed by atoms with Crippen LogP contribution in [-0.2, 0) is 18.3 Å². The van der Waals surface area contributed by atoms with Crippen LogP contribution >= 0.6 is 11.6 Å². The average molecular weight is 326 g/mol. The molecule has 0 bridgehead atoms. The number of halogens is 1. The molecule has 116 valence electrons. The van der Waals surface area contributed by atoms with E-state index in [1.807, 2.05) is 37.6 Å². The van der Waals surface area contributed by atoms with Crippen LogP contribution in [0.3, 0.4) is 0 Å². The molecule has 1 aliphatic rings. The SMILES string of the molecule is Cn1cc(-c2ccc3cnc(CC(=O)C4CC4)c(Cl)c3c2)cn1. The minimum Gasteiger partial charge on any atom is -0.299 e. The number of pyridine rings is 1. The summed E-state index contributed by atoms with van der Waals surface area (Å²) in [6, 6.07) is 6.08. The third-order valence-corrected chi connectivity index (χ3v) is 4.74. The number of Topliss-reactive ketones (excluding diaryl/α,β-unsaturated/α-hetero) is 1. The number of carbonyl (C=O) groups excluding carboxylic acids is 1. The second-order valence-corrected chi connectivity index (χ2v) is 6.52. The van der Waals surface area contributed by atoms with Crippen LogP contribution in [0.15, 0.2) is 36.8 Å². The zero-order valence-corrected chi connectivity index (χ0v) is 13.5. The quantitative estimate of drug-likeness (QED) is 0.733. The van der Waals surface area contributed by atoms with Crippen LogP contribution in [0.2, 0.25) is 5.02 Å². The fourth-order valence-electron chi connectivity index (χ4n) is 2.81. The zero-order valence-electron chi connectivity index (χ0n) is 12.8. The third kappa shape index (κ3) is 2.75. The Labute approximate surface area is 139 Å². The molecule has 0 radical (unpaired) electrons. The van der Waals surface area contributed by atoms with Gasteiger partial charge in [0.1, 0.15) is 5.78 Å². The van der Waals surface area contributed by atoms with E-state index in [4.69, 9.17) is 11.6 Å². The van der Waals surface area contributed by atoms with Gasteiger partial charge in [-0.1, -0.05) is 23.7 Å². The largest absolute Gasteiger partial charge is 0.299 e. The highest BCUT2D eigenvalue weighted by molar-refractivity contribution is 6.36. The molecule has 0 spiro atoms. The Morgan fingerprint density at radius 2 is 2.13 bits per heavy atom. The molecule has 3 aromatic rings. The van der Waals surface area contributed by atoms with Gasteiger partial charge < -0.3 is 0 Å². The van der Waals surface area contributed by atoms with Gasteiger partial charge >= 0.3 is 0 Å². The van der Waals surface area contributed by atoms with Crippen LogP contribution in [-0.4, -0.2) is 20.5 Å². The maximum Gasteiger partial charge on any atom is 0.141 e. The second kappa shape index (κ2) is 5.46. The first-order valence-corrected chi connectivity index (χ1v) is 8.08. The summed E-state index contributed by atoms with van der Waals surface area (Å²) in [5.74, 6) is 0.479. The molecule has 1 fully saturated rings. The van der Waals surface area contributed by atoms with Crippen molar-refractivity contribution in [2.75, 3.05) is 0 Å². The van der Waals surface area contributed by atoms with Crippen molar-refractivity contribution in [3.63, 3.8) is 0 Å². The van der Waals surface area contributed by atoms with E-state index in [1.54, 1.807) is 10.9 Å². The molecule has 2 aromatic heterocycles. The van der Waals surface area contributed by atoms with Crippen LogP contribution < -0.4 is 0 Å². The molecule has 2 heterocycles.